The lowest BCUT2D eigenvalue weighted by atomic mass is 10.2. The zero-order chi connectivity index (χ0) is 19.0. The molecule has 4 nitrogen and oxygen atoms in total. The van der Waals surface area contributed by atoms with Crippen molar-refractivity contribution in [2.24, 2.45) is 0 Å². The Morgan fingerprint density at radius 1 is 0.640 bits per heavy atom. The second kappa shape index (κ2) is 16.2. The Balaban J connectivity index is 5.51. The van der Waals surface area contributed by atoms with Crippen molar-refractivity contribution in [3.8, 4) is 0 Å². The molecule has 0 saturated carbocycles. The van der Waals surface area contributed by atoms with Crippen LogP contribution in [-0.2, 0) is 13.3 Å². The molecule has 5 heteroatoms. The Bertz CT molecular complexity index is 262. The Hall–Kier alpha value is 0.0569. The number of hydrogen-bond acceptors (Lipinski definition) is 4. The van der Waals surface area contributed by atoms with Gasteiger partial charge in [-0.3, -0.25) is 4.90 Å². The summed E-state index contributed by atoms with van der Waals surface area (Å²) in [6.07, 6.45) is 8.90. The van der Waals surface area contributed by atoms with Crippen molar-refractivity contribution < 1.29 is 13.3 Å². The maximum absolute atomic E-state index is 6.43. The molecule has 0 aliphatic rings. The van der Waals surface area contributed by atoms with Gasteiger partial charge in [0.15, 0.2) is 0 Å². The van der Waals surface area contributed by atoms with Gasteiger partial charge in [-0.1, -0.05) is 54.4 Å². The molecule has 152 valence electrons. The fourth-order valence-corrected chi connectivity index (χ4v) is 6.52. The van der Waals surface area contributed by atoms with Gasteiger partial charge in [0.1, 0.15) is 0 Å². The Labute approximate surface area is 159 Å². The van der Waals surface area contributed by atoms with Gasteiger partial charge >= 0.3 is 8.80 Å². The highest BCUT2D eigenvalue weighted by atomic mass is 28.4. The van der Waals surface area contributed by atoms with E-state index in [1.54, 1.807) is 0 Å². The summed E-state index contributed by atoms with van der Waals surface area (Å²) < 4.78 is 19.3. The fourth-order valence-electron chi connectivity index (χ4n) is 3.02. The SMILES string of the molecule is CCCCN(CCCC)C(CC)[Si](OCCC)(OCCC)OCCC. The average Bonchev–Trinajstić information content (AvgIpc) is 2.64. The van der Waals surface area contributed by atoms with Gasteiger partial charge in [-0.05, 0) is 51.6 Å². The minimum atomic E-state index is -2.73. The highest BCUT2D eigenvalue weighted by Crippen LogP contribution is 2.25. The minimum absolute atomic E-state index is 0.273. The highest BCUT2D eigenvalue weighted by Gasteiger charge is 2.51. The van der Waals surface area contributed by atoms with Gasteiger partial charge < -0.3 is 13.3 Å². The molecule has 0 amide bonds. The Kier molecular flexibility index (Phi) is 16.3. The molecule has 1 unspecified atom stereocenters. The summed E-state index contributed by atoms with van der Waals surface area (Å²) in [4.78, 5) is 2.61. The first-order valence-corrected chi connectivity index (χ1v) is 12.6. The lowest BCUT2D eigenvalue weighted by Crippen LogP contribution is -2.63. The van der Waals surface area contributed by atoms with Gasteiger partial charge in [0.25, 0.3) is 0 Å². The van der Waals surface area contributed by atoms with Crippen LogP contribution in [0.2, 0.25) is 0 Å². The third-order valence-electron chi connectivity index (χ3n) is 4.36. The summed E-state index contributed by atoms with van der Waals surface area (Å²) >= 11 is 0. The van der Waals surface area contributed by atoms with E-state index in [0.29, 0.717) is 0 Å². The lowest BCUT2D eigenvalue weighted by molar-refractivity contribution is 0.0238. The first-order chi connectivity index (χ1) is 12.2. The lowest BCUT2D eigenvalue weighted by Gasteiger charge is -2.41. The first-order valence-electron chi connectivity index (χ1n) is 10.8. The van der Waals surface area contributed by atoms with Gasteiger partial charge in [-0.15, -0.1) is 0 Å². The molecule has 0 N–H and O–H groups in total. The number of hydrogen-bond donors (Lipinski definition) is 0. The molecule has 25 heavy (non-hydrogen) atoms. The summed E-state index contributed by atoms with van der Waals surface area (Å²) in [6.45, 7) is 17.7. The second-order valence-electron chi connectivity index (χ2n) is 6.82. The van der Waals surface area contributed by atoms with Crippen LogP contribution in [0.4, 0.5) is 0 Å². The first kappa shape index (κ1) is 25.1. The number of rotatable bonds is 18. The van der Waals surface area contributed by atoms with Crippen molar-refractivity contribution in [3.63, 3.8) is 0 Å². The molecule has 0 aromatic rings. The maximum Gasteiger partial charge on any atom is 0.519 e. The normalized spacial score (nSPS) is 13.6. The second-order valence-corrected chi connectivity index (χ2v) is 9.56. The summed E-state index contributed by atoms with van der Waals surface area (Å²) in [7, 11) is -2.73. The minimum Gasteiger partial charge on any atom is -0.373 e. The molecule has 0 aliphatic heterocycles. The molecule has 0 aromatic carbocycles. The van der Waals surface area contributed by atoms with E-state index in [1.165, 1.54) is 25.7 Å². The van der Waals surface area contributed by atoms with Gasteiger partial charge in [0.05, 0.1) is 5.67 Å². The maximum atomic E-state index is 6.43. The molecule has 0 heterocycles. The van der Waals surface area contributed by atoms with E-state index < -0.39 is 8.80 Å². The van der Waals surface area contributed by atoms with Crippen molar-refractivity contribution in [3.05, 3.63) is 0 Å². The van der Waals surface area contributed by atoms with Crippen molar-refractivity contribution >= 4 is 8.80 Å². The van der Waals surface area contributed by atoms with E-state index in [4.69, 9.17) is 13.3 Å². The van der Waals surface area contributed by atoms with E-state index in [0.717, 1.165) is 58.6 Å². The van der Waals surface area contributed by atoms with Crippen molar-refractivity contribution in [1.29, 1.82) is 0 Å². The Morgan fingerprint density at radius 3 is 1.32 bits per heavy atom. The molecule has 0 bridgehead atoms. The molecular weight excluding hydrogens is 330 g/mol. The zero-order valence-electron chi connectivity index (χ0n) is 17.9. The van der Waals surface area contributed by atoms with Crippen molar-refractivity contribution in [2.75, 3.05) is 32.9 Å². The van der Waals surface area contributed by atoms with Crippen LogP contribution in [0.5, 0.6) is 0 Å². The van der Waals surface area contributed by atoms with Crippen LogP contribution in [0.15, 0.2) is 0 Å². The molecular formula is C20H45NO3Si. The van der Waals surface area contributed by atoms with Gasteiger partial charge in [-0.2, -0.15) is 0 Å². The van der Waals surface area contributed by atoms with Crippen LogP contribution in [0.1, 0.15) is 92.9 Å². The van der Waals surface area contributed by atoms with E-state index in [9.17, 15) is 0 Å². The van der Waals surface area contributed by atoms with E-state index in [2.05, 4.69) is 46.4 Å². The van der Waals surface area contributed by atoms with E-state index in [1.807, 2.05) is 0 Å². The van der Waals surface area contributed by atoms with Crippen LogP contribution in [0.25, 0.3) is 0 Å². The topological polar surface area (TPSA) is 30.9 Å². The summed E-state index contributed by atoms with van der Waals surface area (Å²) in [5.41, 5.74) is 0.273. The van der Waals surface area contributed by atoms with Crippen LogP contribution in [-0.4, -0.2) is 52.3 Å². The summed E-state index contributed by atoms with van der Waals surface area (Å²) in [5.74, 6) is 0. The number of unbranched alkanes of at least 4 members (excludes halogenated alkanes) is 2. The molecule has 0 radical (unpaired) electrons. The molecule has 0 fully saturated rings. The van der Waals surface area contributed by atoms with E-state index in [-0.39, 0.29) is 5.67 Å². The highest BCUT2D eigenvalue weighted by molar-refractivity contribution is 6.62. The number of nitrogens with zero attached hydrogens (tertiary/aromatic N) is 1. The van der Waals surface area contributed by atoms with E-state index >= 15 is 0 Å². The molecule has 0 aromatic heterocycles. The quantitative estimate of drug-likeness (QED) is 0.299. The fraction of sp³-hybridized carbons (Fsp3) is 1.00. The van der Waals surface area contributed by atoms with Crippen molar-refractivity contribution in [2.45, 2.75) is 98.6 Å². The van der Waals surface area contributed by atoms with Crippen LogP contribution < -0.4 is 0 Å². The molecule has 0 saturated heterocycles. The third-order valence-corrected chi connectivity index (χ3v) is 7.76. The zero-order valence-corrected chi connectivity index (χ0v) is 18.9. The monoisotopic (exact) mass is 375 g/mol. The largest absolute Gasteiger partial charge is 0.519 e. The van der Waals surface area contributed by atoms with Crippen LogP contribution in [0.3, 0.4) is 0 Å². The predicted octanol–water partition coefficient (Wildman–Crippen LogP) is 5.43. The van der Waals surface area contributed by atoms with Crippen LogP contribution in [0, 0.1) is 0 Å². The van der Waals surface area contributed by atoms with Gasteiger partial charge in [0.2, 0.25) is 0 Å². The van der Waals surface area contributed by atoms with Gasteiger partial charge in [0, 0.05) is 19.8 Å². The Morgan fingerprint density at radius 2 is 1.04 bits per heavy atom. The molecule has 0 rings (SSSR count). The third kappa shape index (κ3) is 9.52. The molecule has 1 atom stereocenters. The average molecular weight is 376 g/mol. The van der Waals surface area contributed by atoms with Gasteiger partial charge in [-0.25, -0.2) is 0 Å². The smallest absolute Gasteiger partial charge is 0.373 e. The molecule has 0 aliphatic carbocycles. The molecule has 0 spiro atoms. The summed E-state index contributed by atoms with van der Waals surface area (Å²) in [6, 6.07) is 0. The van der Waals surface area contributed by atoms with Crippen LogP contribution >= 0.6 is 0 Å². The standard InChI is InChI=1S/C20H45NO3Si/c1-7-13-15-21(16-14-8-2)20(12-6)25(22-17-9-3,23-18-10-4)24-19-11-5/h20H,7-19H2,1-6H3. The van der Waals surface area contributed by atoms with Crippen molar-refractivity contribution in [1.82, 2.24) is 4.90 Å². The predicted molar refractivity (Wildman–Crippen MR) is 110 cm³/mol. The summed E-state index contributed by atoms with van der Waals surface area (Å²) in [5, 5.41) is 0.